The molecular formula is C15H30N2O2. The zero-order valence-corrected chi connectivity index (χ0v) is 12.5. The van der Waals surface area contributed by atoms with Gasteiger partial charge in [-0.15, -0.1) is 0 Å². The van der Waals surface area contributed by atoms with Crippen LogP contribution in [-0.4, -0.2) is 62.0 Å². The molecule has 0 aromatic heterocycles. The van der Waals surface area contributed by atoms with Gasteiger partial charge in [-0.25, -0.2) is 0 Å². The number of rotatable bonds is 5. The second-order valence-electron chi connectivity index (χ2n) is 6.46. The Kier molecular flexibility index (Phi) is 5.63. The monoisotopic (exact) mass is 270 g/mol. The van der Waals surface area contributed by atoms with Crippen LogP contribution in [-0.2, 0) is 4.74 Å². The van der Waals surface area contributed by atoms with Crippen molar-refractivity contribution in [1.29, 1.82) is 0 Å². The molecule has 2 saturated heterocycles. The average Bonchev–Trinajstić information content (AvgIpc) is 2.42. The summed E-state index contributed by atoms with van der Waals surface area (Å²) in [4.78, 5) is 2.47. The van der Waals surface area contributed by atoms with Crippen molar-refractivity contribution in [2.75, 3.05) is 45.9 Å². The van der Waals surface area contributed by atoms with Crippen molar-refractivity contribution in [2.24, 2.45) is 11.3 Å². The smallest absolute Gasteiger partial charge is 0.0693 e. The molecule has 0 aromatic carbocycles. The first-order chi connectivity index (χ1) is 9.15. The van der Waals surface area contributed by atoms with Crippen molar-refractivity contribution < 1.29 is 9.84 Å². The van der Waals surface area contributed by atoms with Crippen molar-refractivity contribution in [3.05, 3.63) is 0 Å². The molecule has 4 heteroatoms. The Bertz CT molecular complexity index is 267. The Morgan fingerprint density at radius 2 is 2.11 bits per heavy atom. The Morgan fingerprint density at radius 3 is 2.74 bits per heavy atom. The minimum atomic E-state index is -0.148. The van der Waals surface area contributed by atoms with Gasteiger partial charge in [-0.3, -0.25) is 0 Å². The first kappa shape index (κ1) is 15.2. The summed E-state index contributed by atoms with van der Waals surface area (Å²) in [6.45, 7) is 11.3. The van der Waals surface area contributed by atoms with Gasteiger partial charge in [0, 0.05) is 32.8 Å². The highest BCUT2D eigenvalue weighted by Gasteiger charge is 2.36. The number of nitrogens with zero attached hydrogens (tertiary/aromatic N) is 1. The predicted molar refractivity (Wildman–Crippen MR) is 77.3 cm³/mol. The van der Waals surface area contributed by atoms with Gasteiger partial charge in [0.2, 0.25) is 0 Å². The van der Waals surface area contributed by atoms with E-state index in [4.69, 9.17) is 4.74 Å². The summed E-state index contributed by atoms with van der Waals surface area (Å²) in [7, 11) is 0. The maximum atomic E-state index is 10.1. The Hall–Kier alpha value is -0.160. The predicted octanol–water partition coefficient (Wildman–Crippen LogP) is 1.10. The highest BCUT2D eigenvalue weighted by Crippen LogP contribution is 2.32. The summed E-state index contributed by atoms with van der Waals surface area (Å²) < 4.78 is 5.54. The fraction of sp³-hybridized carbons (Fsp3) is 1.00. The fourth-order valence-electron chi connectivity index (χ4n) is 3.32. The van der Waals surface area contributed by atoms with Crippen molar-refractivity contribution in [2.45, 2.75) is 39.2 Å². The van der Waals surface area contributed by atoms with Crippen LogP contribution in [0.5, 0.6) is 0 Å². The SMILES string of the molecule is CCNCC1(CN2CCC(C)C(O)C2)CCOCC1. The largest absolute Gasteiger partial charge is 0.392 e. The van der Waals surface area contributed by atoms with E-state index >= 15 is 0 Å². The summed E-state index contributed by atoms with van der Waals surface area (Å²) in [5.41, 5.74) is 0.342. The summed E-state index contributed by atoms with van der Waals surface area (Å²) in [6.07, 6.45) is 3.25. The van der Waals surface area contributed by atoms with Gasteiger partial charge >= 0.3 is 0 Å². The van der Waals surface area contributed by atoms with E-state index in [-0.39, 0.29) is 6.10 Å². The number of aliphatic hydroxyl groups is 1. The molecule has 2 heterocycles. The molecule has 4 nitrogen and oxygen atoms in total. The minimum absolute atomic E-state index is 0.148. The second kappa shape index (κ2) is 7.02. The van der Waals surface area contributed by atoms with Crippen molar-refractivity contribution >= 4 is 0 Å². The molecule has 0 aliphatic carbocycles. The number of ether oxygens (including phenoxy) is 1. The quantitative estimate of drug-likeness (QED) is 0.785. The van der Waals surface area contributed by atoms with Gasteiger partial charge in [-0.1, -0.05) is 13.8 Å². The van der Waals surface area contributed by atoms with Crippen LogP contribution in [0.1, 0.15) is 33.1 Å². The maximum absolute atomic E-state index is 10.1. The number of aliphatic hydroxyl groups excluding tert-OH is 1. The van der Waals surface area contributed by atoms with Crippen LogP contribution in [0.25, 0.3) is 0 Å². The maximum Gasteiger partial charge on any atom is 0.0693 e. The number of nitrogens with one attached hydrogen (secondary N) is 1. The number of likely N-dealkylation sites (tertiary alicyclic amines) is 1. The van der Waals surface area contributed by atoms with E-state index in [1.165, 1.54) is 0 Å². The van der Waals surface area contributed by atoms with E-state index in [2.05, 4.69) is 24.1 Å². The van der Waals surface area contributed by atoms with Gasteiger partial charge in [0.1, 0.15) is 0 Å². The summed E-state index contributed by atoms with van der Waals surface area (Å²) in [5, 5.41) is 13.6. The zero-order chi connectivity index (χ0) is 13.7. The minimum Gasteiger partial charge on any atom is -0.392 e. The lowest BCUT2D eigenvalue weighted by Crippen LogP contribution is -2.51. The van der Waals surface area contributed by atoms with E-state index in [1.54, 1.807) is 0 Å². The fourth-order valence-corrected chi connectivity index (χ4v) is 3.32. The summed E-state index contributed by atoms with van der Waals surface area (Å²) in [6, 6.07) is 0. The van der Waals surface area contributed by atoms with Crippen LogP contribution < -0.4 is 5.32 Å². The molecule has 0 saturated carbocycles. The van der Waals surface area contributed by atoms with Gasteiger partial charge in [-0.2, -0.15) is 0 Å². The molecule has 0 spiro atoms. The van der Waals surface area contributed by atoms with Gasteiger partial charge in [0.25, 0.3) is 0 Å². The molecule has 2 N–H and O–H groups in total. The highest BCUT2D eigenvalue weighted by molar-refractivity contribution is 4.89. The number of piperidine rings is 1. The lowest BCUT2D eigenvalue weighted by atomic mass is 9.78. The van der Waals surface area contributed by atoms with Crippen LogP contribution in [0, 0.1) is 11.3 Å². The molecule has 19 heavy (non-hydrogen) atoms. The van der Waals surface area contributed by atoms with Crippen LogP contribution >= 0.6 is 0 Å². The molecule has 0 bridgehead atoms. The van der Waals surface area contributed by atoms with Crippen LogP contribution in [0.4, 0.5) is 0 Å². The summed E-state index contributed by atoms with van der Waals surface area (Å²) >= 11 is 0. The number of β-amino-alcohol motifs (C(OH)–C–C–N with tert-alkyl or cyclic N) is 1. The van der Waals surface area contributed by atoms with E-state index in [0.29, 0.717) is 11.3 Å². The van der Waals surface area contributed by atoms with Gasteiger partial charge in [-0.05, 0) is 43.7 Å². The molecule has 2 aliphatic heterocycles. The molecule has 2 atom stereocenters. The average molecular weight is 270 g/mol. The van der Waals surface area contributed by atoms with E-state index < -0.39 is 0 Å². The Morgan fingerprint density at radius 1 is 1.37 bits per heavy atom. The molecule has 2 rings (SSSR count). The molecule has 112 valence electrons. The first-order valence-electron chi connectivity index (χ1n) is 7.84. The highest BCUT2D eigenvalue weighted by atomic mass is 16.5. The molecule has 2 fully saturated rings. The molecule has 2 aliphatic rings. The van der Waals surface area contributed by atoms with E-state index in [0.717, 1.165) is 65.2 Å². The first-order valence-corrected chi connectivity index (χ1v) is 7.84. The topological polar surface area (TPSA) is 44.7 Å². The molecule has 2 unspecified atom stereocenters. The van der Waals surface area contributed by atoms with Gasteiger partial charge in [0.05, 0.1) is 6.10 Å². The molecule has 0 amide bonds. The van der Waals surface area contributed by atoms with Gasteiger partial charge in [0.15, 0.2) is 0 Å². The molecule has 0 aromatic rings. The van der Waals surface area contributed by atoms with Crippen molar-refractivity contribution in [3.8, 4) is 0 Å². The van der Waals surface area contributed by atoms with E-state index in [9.17, 15) is 5.11 Å². The lowest BCUT2D eigenvalue weighted by Gasteiger charge is -2.44. The lowest BCUT2D eigenvalue weighted by molar-refractivity contribution is -0.0305. The van der Waals surface area contributed by atoms with Crippen LogP contribution in [0.2, 0.25) is 0 Å². The Labute approximate surface area is 117 Å². The molecular weight excluding hydrogens is 240 g/mol. The second-order valence-corrected chi connectivity index (χ2v) is 6.46. The van der Waals surface area contributed by atoms with Crippen molar-refractivity contribution in [1.82, 2.24) is 10.2 Å². The standard InChI is InChI=1S/C15H30N2O2/c1-3-16-11-15(5-8-19-9-6-15)12-17-7-4-13(2)14(18)10-17/h13-14,16,18H,3-12H2,1-2H3. The zero-order valence-electron chi connectivity index (χ0n) is 12.5. The number of hydrogen-bond acceptors (Lipinski definition) is 4. The third kappa shape index (κ3) is 4.15. The van der Waals surface area contributed by atoms with Crippen LogP contribution in [0.3, 0.4) is 0 Å². The van der Waals surface area contributed by atoms with Crippen molar-refractivity contribution in [3.63, 3.8) is 0 Å². The van der Waals surface area contributed by atoms with E-state index in [1.807, 2.05) is 0 Å². The Balaban J connectivity index is 1.91. The van der Waals surface area contributed by atoms with Crippen LogP contribution in [0.15, 0.2) is 0 Å². The normalized spacial score (nSPS) is 32.4. The third-order valence-electron chi connectivity index (χ3n) is 4.87. The summed E-state index contributed by atoms with van der Waals surface area (Å²) in [5.74, 6) is 0.454. The van der Waals surface area contributed by atoms with Gasteiger partial charge < -0.3 is 20.1 Å². The molecule has 0 radical (unpaired) electrons. The number of hydrogen-bond donors (Lipinski definition) is 2. The third-order valence-corrected chi connectivity index (χ3v) is 4.87.